The van der Waals surface area contributed by atoms with Gasteiger partial charge in [0.2, 0.25) is 11.8 Å². The lowest BCUT2D eigenvalue weighted by atomic mass is 9.96. The summed E-state index contributed by atoms with van der Waals surface area (Å²) in [7, 11) is 1.48. The van der Waals surface area contributed by atoms with Gasteiger partial charge < -0.3 is 29.7 Å². The number of fused-ring (bicyclic) bond motifs is 4. The second kappa shape index (κ2) is 12.9. The Labute approximate surface area is 232 Å². The number of hydrogen-bond acceptors (Lipinski definition) is 8. The summed E-state index contributed by atoms with van der Waals surface area (Å²) in [6.45, 7) is 2.82. The Morgan fingerprint density at radius 2 is 2.03 bits per heavy atom. The highest BCUT2D eigenvalue weighted by atomic mass is 32.1. The van der Waals surface area contributed by atoms with Gasteiger partial charge in [-0.15, -0.1) is 11.3 Å². The Morgan fingerprint density at radius 1 is 1.15 bits per heavy atom. The number of nitrogens with one attached hydrogen (secondary N) is 2. The zero-order valence-electron chi connectivity index (χ0n) is 22.2. The van der Waals surface area contributed by atoms with Gasteiger partial charge in [-0.05, 0) is 36.4 Å². The van der Waals surface area contributed by atoms with E-state index in [-0.39, 0.29) is 43.0 Å². The predicted molar refractivity (Wildman–Crippen MR) is 146 cm³/mol. The van der Waals surface area contributed by atoms with Crippen LogP contribution in [0, 0.1) is 0 Å². The molecule has 0 saturated carbocycles. The number of piperazine rings is 1. The molecule has 0 unspecified atom stereocenters. The van der Waals surface area contributed by atoms with Crippen LogP contribution in [0.15, 0.2) is 41.8 Å². The number of amides is 3. The van der Waals surface area contributed by atoms with Gasteiger partial charge in [-0.1, -0.05) is 18.2 Å². The van der Waals surface area contributed by atoms with Crippen molar-refractivity contribution in [1.29, 1.82) is 0 Å². The Balaban J connectivity index is 1.39. The molecule has 10 nitrogen and oxygen atoms in total. The first-order valence-electron chi connectivity index (χ1n) is 13.5. The minimum Gasteiger partial charge on any atom is -0.493 e. The monoisotopic (exact) mass is 556 g/mol. The van der Waals surface area contributed by atoms with Crippen LogP contribution in [0.4, 0.5) is 0 Å². The van der Waals surface area contributed by atoms with Crippen molar-refractivity contribution in [1.82, 2.24) is 20.4 Å². The maximum Gasteiger partial charge on any atom is 0.258 e. The van der Waals surface area contributed by atoms with Crippen LogP contribution in [0.25, 0.3) is 0 Å². The normalized spacial score (nSPS) is 26.4. The first kappa shape index (κ1) is 27.6. The van der Waals surface area contributed by atoms with Gasteiger partial charge in [0.1, 0.15) is 18.4 Å². The molecule has 3 aliphatic heterocycles. The minimum absolute atomic E-state index is 0.0362. The number of carbonyl (C=O) groups excluding carboxylic acids is 3. The van der Waals surface area contributed by atoms with Crippen LogP contribution in [0.5, 0.6) is 5.75 Å². The van der Waals surface area contributed by atoms with Gasteiger partial charge in [-0.3, -0.25) is 19.3 Å². The van der Waals surface area contributed by atoms with E-state index in [0.717, 1.165) is 19.4 Å². The van der Waals surface area contributed by atoms with Gasteiger partial charge in [0.05, 0.1) is 30.4 Å². The van der Waals surface area contributed by atoms with E-state index >= 15 is 0 Å². The van der Waals surface area contributed by atoms with Crippen LogP contribution in [0.2, 0.25) is 0 Å². The summed E-state index contributed by atoms with van der Waals surface area (Å²) in [6.07, 6.45) is 1.62. The lowest BCUT2D eigenvalue weighted by Gasteiger charge is -2.41. The van der Waals surface area contributed by atoms with Crippen LogP contribution >= 0.6 is 11.3 Å². The quantitative estimate of drug-likeness (QED) is 0.577. The molecule has 2 saturated heterocycles. The third-order valence-electron chi connectivity index (χ3n) is 7.52. The summed E-state index contributed by atoms with van der Waals surface area (Å²) in [5.41, 5.74) is 0.461. The van der Waals surface area contributed by atoms with Gasteiger partial charge in [-0.25, -0.2) is 0 Å². The molecule has 4 atom stereocenters. The molecule has 0 spiro atoms. The van der Waals surface area contributed by atoms with Gasteiger partial charge in [0, 0.05) is 51.1 Å². The molecule has 2 aromatic rings. The van der Waals surface area contributed by atoms with E-state index in [0.29, 0.717) is 44.0 Å². The highest BCUT2D eigenvalue weighted by Crippen LogP contribution is 2.27. The first-order chi connectivity index (χ1) is 19.0. The van der Waals surface area contributed by atoms with Crippen molar-refractivity contribution < 1.29 is 28.6 Å². The number of methoxy groups -OCH3 is 1. The minimum atomic E-state index is -0.678. The zero-order valence-corrected chi connectivity index (χ0v) is 23.0. The molecule has 39 heavy (non-hydrogen) atoms. The van der Waals surface area contributed by atoms with Gasteiger partial charge >= 0.3 is 0 Å². The lowest BCUT2D eigenvalue weighted by molar-refractivity contribution is -0.132. The fourth-order valence-electron chi connectivity index (χ4n) is 5.53. The van der Waals surface area contributed by atoms with Crippen molar-refractivity contribution in [3.05, 3.63) is 52.2 Å². The van der Waals surface area contributed by atoms with Crippen molar-refractivity contribution in [3.63, 3.8) is 0 Å². The fraction of sp³-hybridized carbons (Fsp3) is 0.536. The maximum absolute atomic E-state index is 13.8. The molecule has 5 rings (SSSR count). The highest BCUT2D eigenvalue weighted by Gasteiger charge is 2.38. The summed E-state index contributed by atoms with van der Waals surface area (Å²) in [6, 6.07) is 10.4. The second-order valence-corrected chi connectivity index (χ2v) is 11.2. The van der Waals surface area contributed by atoms with E-state index in [4.69, 9.17) is 14.2 Å². The number of rotatable bonds is 5. The van der Waals surface area contributed by atoms with Crippen LogP contribution in [-0.2, 0) is 25.6 Å². The number of carbonyl (C=O) groups is 3. The van der Waals surface area contributed by atoms with Gasteiger partial charge in [0.15, 0.2) is 0 Å². The first-order valence-corrected chi connectivity index (χ1v) is 14.4. The van der Waals surface area contributed by atoms with E-state index in [9.17, 15) is 14.4 Å². The summed E-state index contributed by atoms with van der Waals surface area (Å²) >= 11 is 1.68. The average molecular weight is 557 g/mol. The highest BCUT2D eigenvalue weighted by molar-refractivity contribution is 7.09. The Morgan fingerprint density at radius 3 is 2.85 bits per heavy atom. The van der Waals surface area contributed by atoms with E-state index in [2.05, 4.69) is 21.6 Å². The fourth-order valence-corrected chi connectivity index (χ4v) is 6.27. The molecular formula is C28H36N4O6S. The van der Waals surface area contributed by atoms with Crippen LogP contribution in [0.3, 0.4) is 0 Å². The number of ether oxygens (including phenoxy) is 3. The van der Waals surface area contributed by atoms with E-state index in [1.54, 1.807) is 28.4 Å². The summed E-state index contributed by atoms with van der Waals surface area (Å²) < 4.78 is 17.4. The number of hydrogen-bond donors (Lipinski definition) is 2. The molecule has 2 fully saturated rings. The number of nitrogens with zero attached hydrogens (tertiary/aromatic N) is 2. The predicted octanol–water partition coefficient (Wildman–Crippen LogP) is 1.65. The molecule has 11 heteroatoms. The zero-order chi connectivity index (χ0) is 27.2. The van der Waals surface area contributed by atoms with Crippen LogP contribution in [-0.4, -0.2) is 98.3 Å². The van der Waals surface area contributed by atoms with Crippen molar-refractivity contribution in [2.24, 2.45) is 0 Å². The maximum atomic E-state index is 13.8. The van der Waals surface area contributed by atoms with Crippen molar-refractivity contribution in [2.45, 2.75) is 50.1 Å². The molecule has 2 bridgehead atoms. The lowest BCUT2D eigenvalue weighted by Crippen LogP contribution is -2.62. The largest absolute Gasteiger partial charge is 0.493 e. The van der Waals surface area contributed by atoms with Crippen molar-refractivity contribution in [2.75, 3.05) is 46.5 Å². The molecule has 0 aliphatic carbocycles. The third kappa shape index (κ3) is 6.78. The number of benzene rings is 1. The van der Waals surface area contributed by atoms with E-state index < -0.39 is 12.1 Å². The Hall–Kier alpha value is -2.99. The van der Waals surface area contributed by atoms with Crippen molar-refractivity contribution in [3.8, 4) is 5.75 Å². The van der Waals surface area contributed by atoms with Crippen LogP contribution in [0.1, 0.15) is 34.5 Å². The van der Waals surface area contributed by atoms with Crippen LogP contribution < -0.4 is 15.4 Å². The molecule has 0 radical (unpaired) electrons. The molecule has 210 valence electrons. The third-order valence-corrected chi connectivity index (χ3v) is 8.38. The molecular weight excluding hydrogens is 520 g/mol. The molecule has 3 amide bonds. The Bertz CT molecular complexity index is 1140. The van der Waals surface area contributed by atoms with Gasteiger partial charge in [-0.2, -0.15) is 0 Å². The number of thiophene rings is 1. The van der Waals surface area contributed by atoms with E-state index in [1.807, 2.05) is 23.6 Å². The molecule has 1 aromatic heterocycles. The molecule has 1 aromatic carbocycles. The SMILES string of the molecule is COCC(=O)N[C@@H]1CC[C@H]2CCOc3ccccc3C(=O)N3CCN(Cc4cccs4)C[C@H]3C(=O)NC[C@H]1O2. The van der Waals surface area contributed by atoms with E-state index in [1.165, 1.54) is 12.0 Å². The second-order valence-electron chi connectivity index (χ2n) is 10.2. The molecule has 4 heterocycles. The summed E-state index contributed by atoms with van der Waals surface area (Å²) in [4.78, 5) is 44.8. The van der Waals surface area contributed by atoms with Crippen molar-refractivity contribution >= 4 is 29.1 Å². The molecule has 3 aliphatic rings. The molecule has 2 N–H and O–H groups in total. The Kier molecular flexibility index (Phi) is 9.13. The smallest absolute Gasteiger partial charge is 0.258 e. The standard InChI is InChI=1S/C28H36N4O6S/c1-36-18-26(33)30-22-9-8-19-10-13-37-24-7-3-2-6-21(24)28(35)32-12-11-31(16-20-5-4-14-39-20)17-23(32)27(34)29-15-25(22)38-19/h2-7,14,19,22-23,25H,8-13,15-18H2,1H3,(H,29,34)(H,30,33)/t19-,22+,23-,25+/m0/s1. The number of para-hydroxylation sites is 1. The summed E-state index contributed by atoms with van der Waals surface area (Å²) in [5, 5.41) is 8.09. The van der Waals surface area contributed by atoms with Gasteiger partial charge in [0.25, 0.3) is 5.91 Å². The summed E-state index contributed by atoms with van der Waals surface area (Å²) in [5.74, 6) is -0.151. The topological polar surface area (TPSA) is 109 Å². The average Bonchev–Trinajstić information content (AvgIpc) is 3.45.